The highest BCUT2D eigenvalue weighted by molar-refractivity contribution is 4.68. The van der Waals surface area contributed by atoms with Crippen molar-refractivity contribution in [3.63, 3.8) is 0 Å². The Morgan fingerprint density at radius 2 is 0.535 bits per heavy atom. The van der Waals surface area contributed by atoms with E-state index in [0.717, 1.165) is 23.7 Å². The summed E-state index contributed by atoms with van der Waals surface area (Å²) in [5, 5.41) is 3.85. The van der Waals surface area contributed by atoms with E-state index in [1.807, 2.05) is 0 Å². The topological polar surface area (TPSA) is 12.0 Å². The van der Waals surface area contributed by atoms with Crippen LogP contribution in [0.15, 0.2) is 0 Å². The molecule has 0 fully saturated rings. The van der Waals surface area contributed by atoms with Gasteiger partial charge < -0.3 is 5.32 Å². The first kappa shape index (κ1) is 43.0. The molecule has 1 nitrogen and oxygen atoms in total. The van der Waals surface area contributed by atoms with Gasteiger partial charge in [-0.1, -0.05) is 221 Å². The monoisotopic (exact) mass is 606 g/mol. The zero-order valence-electron chi connectivity index (χ0n) is 31.4. The van der Waals surface area contributed by atoms with E-state index in [9.17, 15) is 0 Å². The van der Waals surface area contributed by atoms with Crippen LogP contribution in [0, 0.1) is 23.7 Å². The Morgan fingerprint density at radius 1 is 0.302 bits per heavy atom. The third-order valence-corrected chi connectivity index (χ3v) is 10.6. The first-order valence-electron chi connectivity index (χ1n) is 20.7. The van der Waals surface area contributed by atoms with Crippen molar-refractivity contribution >= 4 is 0 Å². The molecule has 0 saturated heterocycles. The minimum absolute atomic E-state index is 0.832. The van der Waals surface area contributed by atoms with E-state index in [-0.39, 0.29) is 0 Å². The van der Waals surface area contributed by atoms with Crippen LogP contribution in [0.25, 0.3) is 0 Å². The number of unbranched alkanes of at least 4 members (excludes halogenated alkanes) is 24. The van der Waals surface area contributed by atoms with E-state index in [1.54, 1.807) is 0 Å². The van der Waals surface area contributed by atoms with Crippen LogP contribution < -0.4 is 5.32 Å². The molecule has 2 unspecified atom stereocenters. The van der Waals surface area contributed by atoms with Gasteiger partial charge in [-0.25, -0.2) is 0 Å². The Labute approximate surface area is 275 Å². The maximum absolute atomic E-state index is 3.85. The van der Waals surface area contributed by atoms with Crippen molar-refractivity contribution in [2.45, 2.75) is 234 Å². The second kappa shape index (κ2) is 34.8. The van der Waals surface area contributed by atoms with Crippen molar-refractivity contribution < 1.29 is 0 Å². The maximum atomic E-state index is 3.85. The summed E-state index contributed by atoms with van der Waals surface area (Å²) in [6.45, 7) is 16.9. The molecule has 0 spiro atoms. The van der Waals surface area contributed by atoms with Crippen LogP contribution in [0.4, 0.5) is 0 Å². The molecule has 0 aliphatic carbocycles. The van der Waals surface area contributed by atoms with E-state index < -0.39 is 0 Å². The van der Waals surface area contributed by atoms with E-state index in [4.69, 9.17) is 0 Å². The molecule has 43 heavy (non-hydrogen) atoms. The first-order chi connectivity index (χ1) is 21.0. The van der Waals surface area contributed by atoms with Crippen molar-refractivity contribution in [2.75, 3.05) is 13.1 Å². The lowest BCUT2D eigenvalue weighted by Gasteiger charge is -2.23. The molecule has 0 aromatic rings. The molecule has 1 N–H and O–H groups in total. The van der Waals surface area contributed by atoms with E-state index in [1.165, 1.54) is 206 Å². The lowest BCUT2D eigenvalue weighted by molar-refractivity contribution is 0.302. The van der Waals surface area contributed by atoms with Crippen LogP contribution in [-0.4, -0.2) is 13.1 Å². The average molecular weight is 606 g/mol. The predicted octanol–water partition coefficient (Wildman–Crippen LogP) is 14.9. The van der Waals surface area contributed by atoms with Crippen molar-refractivity contribution in [3.8, 4) is 0 Å². The summed E-state index contributed by atoms with van der Waals surface area (Å²) in [7, 11) is 0. The average Bonchev–Trinajstić information content (AvgIpc) is 2.99. The van der Waals surface area contributed by atoms with Crippen molar-refractivity contribution in [1.29, 1.82) is 0 Å². The van der Waals surface area contributed by atoms with Gasteiger partial charge >= 0.3 is 0 Å². The summed E-state index contributed by atoms with van der Waals surface area (Å²) in [5.41, 5.74) is 0. The van der Waals surface area contributed by atoms with Gasteiger partial charge in [0.25, 0.3) is 0 Å². The fourth-order valence-electron chi connectivity index (χ4n) is 7.17. The Morgan fingerprint density at radius 3 is 0.767 bits per heavy atom. The molecule has 260 valence electrons. The van der Waals surface area contributed by atoms with Crippen molar-refractivity contribution in [1.82, 2.24) is 5.32 Å². The Bertz CT molecular complexity index is 453. The summed E-state index contributed by atoms with van der Waals surface area (Å²) in [6, 6.07) is 0. The van der Waals surface area contributed by atoms with Crippen molar-refractivity contribution in [3.05, 3.63) is 0 Å². The quantitative estimate of drug-likeness (QED) is 0.0700. The molecule has 0 aliphatic rings. The van der Waals surface area contributed by atoms with E-state index >= 15 is 0 Å². The Balaban J connectivity index is 3.70. The molecule has 0 rings (SSSR count). The molecule has 0 amide bonds. The molecule has 0 aliphatic heterocycles. The largest absolute Gasteiger partial charge is 0.317 e. The fourth-order valence-corrected chi connectivity index (χ4v) is 7.17. The first-order valence-corrected chi connectivity index (χ1v) is 20.7. The van der Waals surface area contributed by atoms with Gasteiger partial charge in [-0.2, -0.15) is 0 Å². The second-order valence-corrected chi connectivity index (χ2v) is 15.4. The highest BCUT2D eigenvalue weighted by Gasteiger charge is 2.15. The SMILES string of the molecule is CCCCCCCCCCCCCCCC(CCNCCC(CCCCCCCCCCCCCCC)C(C)C)C(C)C. The zero-order valence-corrected chi connectivity index (χ0v) is 31.4. The smallest absolute Gasteiger partial charge is 0.00462 e. The van der Waals surface area contributed by atoms with Gasteiger partial charge in [-0.15, -0.1) is 0 Å². The summed E-state index contributed by atoms with van der Waals surface area (Å²) in [4.78, 5) is 0. The van der Waals surface area contributed by atoms with Gasteiger partial charge in [0.05, 0.1) is 0 Å². The summed E-state index contributed by atoms with van der Waals surface area (Å²) in [5.74, 6) is 3.48. The molecule has 2 atom stereocenters. The van der Waals surface area contributed by atoms with E-state index in [2.05, 4.69) is 46.9 Å². The third kappa shape index (κ3) is 31.7. The highest BCUT2D eigenvalue weighted by atomic mass is 14.8. The van der Waals surface area contributed by atoms with Gasteiger partial charge in [0.2, 0.25) is 0 Å². The van der Waals surface area contributed by atoms with Gasteiger partial charge in [0.15, 0.2) is 0 Å². The molecule has 0 heterocycles. The van der Waals surface area contributed by atoms with Gasteiger partial charge in [0, 0.05) is 0 Å². The Kier molecular flexibility index (Phi) is 34.8. The van der Waals surface area contributed by atoms with Crippen molar-refractivity contribution in [2.24, 2.45) is 23.7 Å². The van der Waals surface area contributed by atoms with Gasteiger partial charge in [-0.05, 0) is 49.6 Å². The molecule has 0 radical (unpaired) electrons. The minimum atomic E-state index is 0.832. The normalized spacial score (nSPS) is 13.4. The lowest BCUT2D eigenvalue weighted by atomic mass is 9.86. The fraction of sp³-hybridized carbons (Fsp3) is 1.00. The van der Waals surface area contributed by atoms with Crippen LogP contribution in [0.2, 0.25) is 0 Å². The van der Waals surface area contributed by atoms with Gasteiger partial charge in [-0.3, -0.25) is 0 Å². The zero-order chi connectivity index (χ0) is 31.6. The number of hydrogen-bond acceptors (Lipinski definition) is 1. The molecule has 0 saturated carbocycles. The number of nitrogens with one attached hydrogen (secondary N) is 1. The number of rotatable bonds is 36. The van der Waals surface area contributed by atoms with Crippen LogP contribution in [0.5, 0.6) is 0 Å². The van der Waals surface area contributed by atoms with Crippen LogP contribution in [0.1, 0.15) is 234 Å². The van der Waals surface area contributed by atoms with Crippen LogP contribution in [-0.2, 0) is 0 Å². The molecular weight excluding hydrogens is 518 g/mol. The third-order valence-electron chi connectivity index (χ3n) is 10.6. The number of hydrogen-bond donors (Lipinski definition) is 1. The van der Waals surface area contributed by atoms with Crippen LogP contribution >= 0.6 is 0 Å². The molecule has 0 aromatic heterocycles. The van der Waals surface area contributed by atoms with Gasteiger partial charge in [0.1, 0.15) is 0 Å². The predicted molar refractivity (Wildman–Crippen MR) is 199 cm³/mol. The van der Waals surface area contributed by atoms with Crippen LogP contribution in [0.3, 0.4) is 0 Å². The summed E-state index contributed by atoms with van der Waals surface area (Å²) < 4.78 is 0. The minimum Gasteiger partial charge on any atom is -0.317 e. The second-order valence-electron chi connectivity index (χ2n) is 15.4. The molecule has 0 aromatic carbocycles. The lowest BCUT2D eigenvalue weighted by Crippen LogP contribution is -2.24. The Hall–Kier alpha value is -0.0400. The summed E-state index contributed by atoms with van der Waals surface area (Å²) in [6.07, 6.45) is 43.6. The maximum Gasteiger partial charge on any atom is -0.00462 e. The van der Waals surface area contributed by atoms with E-state index in [0.29, 0.717) is 0 Å². The highest BCUT2D eigenvalue weighted by Crippen LogP contribution is 2.24. The molecule has 0 bridgehead atoms. The standard InChI is InChI=1S/C42H87N/c1-7-9-11-13-15-17-19-21-23-25-27-29-31-33-41(39(3)4)35-37-43-38-36-42(40(5)6)34-32-30-28-26-24-22-20-18-16-14-12-10-8-2/h39-43H,7-38H2,1-6H3. The molecular formula is C42H87N. The molecule has 1 heteroatoms. The summed E-state index contributed by atoms with van der Waals surface area (Å²) >= 11 is 0.